The van der Waals surface area contributed by atoms with Gasteiger partial charge in [0.25, 0.3) is 0 Å². The van der Waals surface area contributed by atoms with Gasteiger partial charge in [0.1, 0.15) is 11.5 Å². The van der Waals surface area contributed by atoms with E-state index in [-0.39, 0.29) is 13.4 Å². The third-order valence-corrected chi connectivity index (χ3v) is 10.3. The number of hydrogen-bond acceptors (Lipinski definition) is 3. The summed E-state index contributed by atoms with van der Waals surface area (Å²) in [6.45, 7) is 11.1. The maximum atomic E-state index is 6.86. The maximum Gasteiger partial charge on any atom is 0.241 e. The zero-order valence-electron chi connectivity index (χ0n) is 29.2. The lowest BCUT2D eigenvalue weighted by atomic mass is 9.20. The van der Waals surface area contributed by atoms with Crippen LogP contribution in [0.25, 0.3) is 22.5 Å². The van der Waals surface area contributed by atoms with Gasteiger partial charge in [0, 0.05) is 17.5 Å². The van der Waals surface area contributed by atoms with Crippen LogP contribution in [0.2, 0.25) is 0 Å². The Labute approximate surface area is 296 Å². The molecule has 0 fully saturated rings. The van der Waals surface area contributed by atoms with Crippen LogP contribution in [0.3, 0.4) is 0 Å². The highest BCUT2D eigenvalue weighted by Gasteiger charge is 2.42. The lowest BCUT2D eigenvalue weighted by Crippen LogP contribution is -2.76. The Kier molecular flexibility index (Phi) is 8.20. The second-order valence-corrected chi connectivity index (χ2v) is 13.6. The van der Waals surface area contributed by atoms with Crippen LogP contribution >= 0.6 is 0 Å². The number of aryl methyl sites for hydroxylation is 5. The molecule has 0 aliphatic carbocycles. The molecule has 0 saturated carbocycles. The van der Waals surface area contributed by atoms with Crippen molar-refractivity contribution in [2.24, 2.45) is 0 Å². The van der Waals surface area contributed by atoms with E-state index in [1.165, 1.54) is 55.0 Å². The lowest BCUT2D eigenvalue weighted by Gasteiger charge is -2.36. The van der Waals surface area contributed by atoms with Crippen LogP contribution in [0, 0.1) is 34.6 Å². The monoisotopic (exact) mass is 644 g/mol. The van der Waals surface area contributed by atoms with Crippen LogP contribution < -0.4 is 37.5 Å². The Morgan fingerprint density at radius 3 is 1.72 bits per heavy atom. The summed E-state index contributed by atoms with van der Waals surface area (Å²) in [5.41, 5.74) is 18.0. The number of fused-ring (bicyclic) bond motifs is 2. The molecule has 0 amide bonds. The SMILES string of the molecule is Cc1cccc(-c2cc(Oc3cccc(-c4ccccn4)c3)cc3c2B(c2c(C)cccc2C)c2ccccc2B3c2c(C)cccc2C)n1. The van der Waals surface area contributed by atoms with E-state index in [0.717, 1.165) is 39.7 Å². The van der Waals surface area contributed by atoms with Crippen molar-refractivity contribution in [3.8, 4) is 34.0 Å². The molecule has 5 aromatic carbocycles. The van der Waals surface area contributed by atoms with Gasteiger partial charge in [-0.2, -0.15) is 0 Å². The summed E-state index contributed by atoms with van der Waals surface area (Å²) in [7, 11) is 0. The average molecular weight is 644 g/mol. The van der Waals surface area contributed by atoms with Gasteiger partial charge in [-0.05, 0) is 88.7 Å². The summed E-state index contributed by atoms with van der Waals surface area (Å²) in [5, 5.41) is 0. The summed E-state index contributed by atoms with van der Waals surface area (Å²) < 4.78 is 6.86. The van der Waals surface area contributed by atoms with Crippen molar-refractivity contribution in [1.29, 1.82) is 0 Å². The lowest BCUT2D eigenvalue weighted by molar-refractivity contribution is 0.483. The third-order valence-electron chi connectivity index (χ3n) is 10.3. The van der Waals surface area contributed by atoms with Crippen molar-refractivity contribution in [2.75, 3.05) is 0 Å². The number of benzene rings is 5. The zero-order valence-corrected chi connectivity index (χ0v) is 29.2. The fourth-order valence-electron chi connectivity index (χ4n) is 8.10. The molecule has 1 aliphatic heterocycles. The second kappa shape index (κ2) is 13.0. The second-order valence-electron chi connectivity index (χ2n) is 13.6. The first-order valence-corrected chi connectivity index (χ1v) is 17.4. The first kappa shape index (κ1) is 31.6. The van der Waals surface area contributed by atoms with Gasteiger partial charge in [-0.3, -0.25) is 9.97 Å². The van der Waals surface area contributed by atoms with E-state index in [1.807, 2.05) is 36.5 Å². The predicted octanol–water partition coefficient (Wildman–Crippen LogP) is 6.49. The van der Waals surface area contributed by atoms with E-state index in [9.17, 15) is 0 Å². The van der Waals surface area contributed by atoms with Gasteiger partial charge >= 0.3 is 0 Å². The first-order chi connectivity index (χ1) is 24.4. The van der Waals surface area contributed by atoms with E-state index in [0.29, 0.717) is 0 Å². The minimum atomic E-state index is 0.00920. The summed E-state index contributed by atoms with van der Waals surface area (Å²) in [6.07, 6.45) is 1.82. The van der Waals surface area contributed by atoms with Crippen molar-refractivity contribution in [3.63, 3.8) is 0 Å². The number of hydrogen-bond donors (Lipinski definition) is 0. The van der Waals surface area contributed by atoms with Crippen molar-refractivity contribution in [3.05, 3.63) is 168 Å². The summed E-state index contributed by atoms with van der Waals surface area (Å²) in [4.78, 5) is 9.74. The number of rotatable bonds is 6. The van der Waals surface area contributed by atoms with Crippen LogP contribution in [-0.2, 0) is 0 Å². The molecule has 0 spiro atoms. The molecule has 3 heterocycles. The van der Waals surface area contributed by atoms with Crippen LogP contribution in [0.1, 0.15) is 27.9 Å². The minimum Gasteiger partial charge on any atom is -0.457 e. The molecule has 240 valence electrons. The number of nitrogens with zero attached hydrogens (tertiary/aromatic N) is 2. The van der Waals surface area contributed by atoms with Gasteiger partial charge < -0.3 is 4.74 Å². The molecule has 0 atom stereocenters. The van der Waals surface area contributed by atoms with E-state index < -0.39 is 0 Å². The standard InChI is InChI=1S/C45H38B2N2O/c1-29-14-10-15-30(2)43(29)46-38-21-6-7-22-39(38)47(44-31(3)16-11-17-32(44)4)45-37(42-24-12-18-33(5)49-42)27-36(28-40(45)46)50-35-20-13-19-34(26-35)41-23-8-9-25-48-41/h6-28H,1-5H3. The average Bonchev–Trinajstić information content (AvgIpc) is 3.12. The van der Waals surface area contributed by atoms with Gasteiger partial charge in [-0.25, -0.2) is 0 Å². The predicted molar refractivity (Wildman–Crippen MR) is 212 cm³/mol. The third kappa shape index (κ3) is 5.63. The highest BCUT2D eigenvalue weighted by Crippen LogP contribution is 2.30. The highest BCUT2D eigenvalue weighted by atomic mass is 16.5. The first-order valence-electron chi connectivity index (χ1n) is 17.4. The van der Waals surface area contributed by atoms with Crippen molar-refractivity contribution >= 4 is 46.2 Å². The molecule has 2 aromatic heterocycles. The van der Waals surface area contributed by atoms with E-state index >= 15 is 0 Å². The van der Waals surface area contributed by atoms with Crippen molar-refractivity contribution in [1.82, 2.24) is 9.97 Å². The van der Waals surface area contributed by atoms with Crippen LogP contribution in [0.5, 0.6) is 11.5 Å². The van der Waals surface area contributed by atoms with Crippen molar-refractivity contribution < 1.29 is 4.74 Å². The molecule has 3 nitrogen and oxygen atoms in total. The Morgan fingerprint density at radius 2 is 1.06 bits per heavy atom. The molecule has 0 N–H and O–H groups in total. The zero-order chi connectivity index (χ0) is 34.4. The molecule has 50 heavy (non-hydrogen) atoms. The molecular formula is C45H38B2N2O. The summed E-state index contributed by atoms with van der Waals surface area (Å²) >= 11 is 0. The molecule has 8 rings (SSSR count). The van der Waals surface area contributed by atoms with Gasteiger partial charge in [-0.15, -0.1) is 0 Å². The molecule has 0 bridgehead atoms. The topological polar surface area (TPSA) is 35.0 Å². The van der Waals surface area contributed by atoms with Crippen LogP contribution in [-0.4, -0.2) is 23.4 Å². The van der Waals surface area contributed by atoms with Gasteiger partial charge in [0.05, 0.1) is 11.4 Å². The minimum absolute atomic E-state index is 0.00920. The van der Waals surface area contributed by atoms with E-state index in [4.69, 9.17) is 9.72 Å². The van der Waals surface area contributed by atoms with E-state index in [2.05, 4.69) is 143 Å². The molecular weight excluding hydrogens is 606 g/mol. The van der Waals surface area contributed by atoms with Gasteiger partial charge in [0.2, 0.25) is 13.4 Å². The molecule has 7 aromatic rings. The fourth-order valence-corrected chi connectivity index (χ4v) is 8.10. The van der Waals surface area contributed by atoms with Crippen molar-refractivity contribution in [2.45, 2.75) is 34.6 Å². The largest absolute Gasteiger partial charge is 0.457 e. The molecule has 1 aliphatic rings. The fraction of sp³-hybridized carbons (Fsp3) is 0.111. The maximum absolute atomic E-state index is 6.86. The number of aromatic nitrogens is 2. The molecule has 0 unspecified atom stereocenters. The Balaban J connectivity index is 1.44. The van der Waals surface area contributed by atoms with Crippen LogP contribution in [0.4, 0.5) is 0 Å². The smallest absolute Gasteiger partial charge is 0.241 e. The highest BCUT2D eigenvalue weighted by molar-refractivity contribution is 7.12. The number of ether oxygens (including phenoxy) is 1. The molecule has 0 saturated heterocycles. The van der Waals surface area contributed by atoms with Gasteiger partial charge in [0.15, 0.2) is 0 Å². The van der Waals surface area contributed by atoms with Crippen LogP contribution in [0.15, 0.2) is 140 Å². The summed E-state index contributed by atoms with van der Waals surface area (Å²) in [6, 6.07) is 47.4. The molecule has 0 radical (unpaired) electrons. The number of pyridine rings is 2. The molecule has 5 heteroatoms. The Morgan fingerprint density at radius 1 is 0.460 bits per heavy atom. The summed E-state index contributed by atoms with van der Waals surface area (Å²) in [5.74, 6) is 1.55. The Hall–Kier alpha value is -5.67. The van der Waals surface area contributed by atoms with E-state index in [1.54, 1.807) is 0 Å². The normalized spacial score (nSPS) is 12.0. The van der Waals surface area contributed by atoms with Gasteiger partial charge in [-0.1, -0.05) is 140 Å². The quantitative estimate of drug-likeness (QED) is 0.194. The Bertz CT molecular complexity index is 2350.